The summed E-state index contributed by atoms with van der Waals surface area (Å²) in [6, 6.07) is 16.8. The number of rotatable bonds is 6. The molecule has 0 atom stereocenters. The standard InChI is InChI=1S/C19H21NO3/c1-3-20(13-16-7-5-4-6-8-16)18(21)14-23-19(22)17-11-9-15(2)10-12-17/h4-12H,3,13-14H2,1-2H3. The Morgan fingerprint density at radius 3 is 2.26 bits per heavy atom. The molecule has 1 amide bonds. The quantitative estimate of drug-likeness (QED) is 0.770. The summed E-state index contributed by atoms with van der Waals surface area (Å²) in [7, 11) is 0. The van der Waals surface area contributed by atoms with Gasteiger partial charge in [0.15, 0.2) is 6.61 Å². The fourth-order valence-corrected chi connectivity index (χ4v) is 2.17. The summed E-state index contributed by atoms with van der Waals surface area (Å²) < 4.78 is 5.12. The van der Waals surface area contributed by atoms with Crippen LogP contribution >= 0.6 is 0 Å². The van der Waals surface area contributed by atoms with Crippen LogP contribution in [0, 0.1) is 6.92 Å². The number of hydrogen-bond donors (Lipinski definition) is 0. The van der Waals surface area contributed by atoms with Crippen molar-refractivity contribution in [3.63, 3.8) is 0 Å². The first kappa shape index (κ1) is 16.7. The summed E-state index contributed by atoms with van der Waals surface area (Å²) >= 11 is 0. The molecule has 2 rings (SSSR count). The maximum Gasteiger partial charge on any atom is 0.338 e. The molecule has 0 unspecified atom stereocenters. The van der Waals surface area contributed by atoms with Crippen LogP contribution in [-0.4, -0.2) is 29.9 Å². The van der Waals surface area contributed by atoms with Crippen molar-refractivity contribution in [2.75, 3.05) is 13.2 Å². The van der Waals surface area contributed by atoms with Crippen molar-refractivity contribution in [1.82, 2.24) is 4.90 Å². The lowest BCUT2D eigenvalue weighted by molar-refractivity contribution is -0.134. The Bertz CT molecular complexity index is 650. The molecule has 0 radical (unpaired) electrons. The number of hydrogen-bond acceptors (Lipinski definition) is 3. The van der Waals surface area contributed by atoms with Gasteiger partial charge in [-0.2, -0.15) is 0 Å². The Kier molecular flexibility index (Phi) is 5.92. The van der Waals surface area contributed by atoms with Crippen LogP contribution in [0.25, 0.3) is 0 Å². The molecule has 0 N–H and O–H groups in total. The van der Waals surface area contributed by atoms with Gasteiger partial charge in [-0.15, -0.1) is 0 Å². The zero-order valence-electron chi connectivity index (χ0n) is 13.5. The SMILES string of the molecule is CCN(Cc1ccccc1)C(=O)COC(=O)c1ccc(C)cc1. The first-order valence-corrected chi connectivity index (χ1v) is 7.65. The van der Waals surface area contributed by atoms with E-state index in [2.05, 4.69) is 0 Å². The van der Waals surface area contributed by atoms with Gasteiger partial charge in [0.05, 0.1) is 5.56 Å². The van der Waals surface area contributed by atoms with Crippen LogP contribution in [0.2, 0.25) is 0 Å². The smallest absolute Gasteiger partial charge is 0.338 e. The van der Waals surface area contributed by atoms with E-state index in [1.54, 1.807) is 17.0 Å². The average molecular weight is 311 g/mol. The lowest BCUT2D eigenvalue weighted by atomic mass is 10.1. The molecule has 0 spiro atoms. The normalized spacial score (nSPS) is 10.2. The van der Waals surface area contributed by atoms with Crippen molar-refractivity contribution in [3.8, 4) is 0 Å². The highest BCUT2D eigenvalue weighted by Gasteiger charge is 2.15. The minimum atomic E-state index is -0.478. The van der Waals surface area contributed by atoms with Gasteiger partial charge in [-0.05, 0) is 31.5 Å². The second kappa shape index (κ2) is 8.13. The summed E-state index contributed by atoms with van der Waals surface area (Å²) in [6.07, 6.45) is 0. The van der Waals surface area contributed by atoms with Gasteiger partial charge in [-0.3, -0.25) is 4.79 Å². The number of benzene rings is 2. The fourth-order valence-electron chi connectivity index (χ4n) is 2.17. The van der Waals surface area contributed by atoms with E-state index in [-0.39, 0.29) is 12.5 Å². The number of likely N-dealkylation sites (N-methyl/N-ethyl adjacent to an activating group) is 1. The minimum Gasteiger partial charge on any atom is -0.452 e. The van der Waals surface area contributed by atoms with Crippen molar-refractivity contribution >= 4 is 11.9 Å². The highest BCUT2D eigenvalue weighted by Crippen LogP contribution is 2.07. The summed E-state index contributed by atoms with van der Waals surface area (Å²) in [5.41, 5.74) is 2.57. The van der Waals surface area contributed by atoms with Crippen LogP contribution in [0.5, 0.6) is 0 Å². The molecule has 0 saturated carbocycles. The average Bonchev–Trinajstić information content (AvgIpc) is 2.58. The molecule has 0 aliphatic carbocycles. The van der Waals surface area contributed by atoms with Gasteiger partial charge in [0.25, 0.3) is 5.91 Å². The molecule has 0 aliphatic rings. The maximum atomic E-state index is 12.2. The van der Waals surface area contributed by atoms with Crippen molar-refractivity contribution in [3.05, 3.63) is 71.3 Å². The highest BCUT2D eigenvalue weighted by molar-refractivity contribution is 5.91. The summed E-state index contributed by atoms with van der Waals surface area (Å²) in [5, 5.41) is 0. The van der Waals surface area contributed by atoms with E-state index in [9.17, 15) is 9.59 Å². The van der Waals surface area contributed by atoms with Gasteiger partial charge in [-0.25, -0.2) is 4.79 Å². The van der Waals surface area contributed by atoms with Crippen molar-refractivity contribution in [2.45, 2.75) is 20.4 Å². The number of aryl methyl sites for hydroxylation is 1. The van der Waals surface area contributed by atoms with Gasteiger partial charge in [0.2, 0.25) is 0 Å². The molecule has 0 saturated heterocycles. The number of ether oxygens (including phenoxy) is 1. The Balaban J connectivity index is 1.89. The zero-order valence-corrected chi connectivity index (χ0v) is 13.5. The van der Waals surface area contributed by atoms with E-state index < -0.39 is 5.97 Å². The van der Waals surface area contributed by atoms with Crippen LogP contribution in [-0.2, 0) is 16.1 Å². The molecule has 0 bridgehead atoms. The third kappa shape index (κ3) is 4.95. The Morgan fingerprint density at radius 2 is 1.65 bits per heavy atom. The van der Waals surface area contributed by atoms with Crippen LogP contribution in [0.4, 0.5) is 0 Å². The molecule has 2 aromatic carbocycles. The second-order valence-corrected chi connectivity index (χ2v) is 5.34. The van der Waals surface area contributed by atoms with Gasteiger partial charge in [-0.1, -0.05) is 48.0 Å². The van der Waals surface area contributed by atoms with Crippen LogP contribution in [0.1, 0.15) is 28.4 Å². The van der Waals surface area contributed by atoms with Gasteiger partial charge >= 0.3 is 5.97 Å². The molecule has 0 fully saturated rings. The first-order chi connectivity index (χ1) is 11.1. The Morgan fingerprint density at radius 1 is 1.00 bits per heavy atom. The van der Waals surface area contributed by atoms with E-state index in [1.807, 2.05) is 56.3 Å². The zero-order chi connectivity index (χ0) is 16.7. The van der Waals surface area contributed by atoms with Crippen molar-refractivity contribution < 1.29 is 14.3 Å². The molecule has 120 valence electrons. The van der Waals surface area contributed by atoms with E-state index in [4.69, 9.17) is 4.74 Å². The summed E-state index contributed by atoms with van der Waals surface area (Å²) in [5.74, 6) is -0.675. The van der Waals surface area contributed by atoms with Crippen LogP contribution < -0.4 is 0 Å². The minimum absolute atomic E-state index is 0.197. The van der Waals surface area contributed by atoms with Crippen LogP contribution in [0.15, 0.2) is 54.6 Å². The van der Waals surface area contributed by atoms with E-state index in [0.717, 1.165) is 11.1 Å². The molecule has 0 aliphatic heterocycles. The highest BCUT2D eigenvalue weighted by atomic mass is 16.5. The number of carbonyl (C=O) groups excluding carboxylic acids is 2. The van der Waals surface area contributed by atoms with E-state index in [1.165, 1.54) is 0 Å². The van der Waals surface area contributed by atoms with Crippen molar-refractivity contribution in [2.24, 2.45) is 0 Å². The number of esters is 1. The van der Waals surface area contributed by atoms with Gasteiger partial charge in [0, 0.05) is 13.1 Å². The Hall–Kier alpha value is -2.62. The second-order valence-electron chi connectivity index (χ2n) is 5.34. The third-order valence-electron chi connectivity index (χ3n) is 3.56. The predicted molar refractivity (Wildman–Crippen MR) is 89.0 cm³/mol. The topological polar surface area (TPSA) is 46.6 Å². The number of amides is 1. The van der Waals surface area contributed by atoms with Gasteiger partial charge in [0.1, 0.15) is 0 Å². The Labute approximate surface area is 136 Å². The van der Waals surface area contributed by atoms with Crippen molar-refractivity contribution in [1.29, 1.82) is 0 Å². The molecule has 2 aromatic rings. The molecule has 0 aromatic heterocycles. The van der Waals surface area contributed by atoms with E-state index >= 15 is 0 Å². The first-order valence-electron chi connectivity index (χ1n) is 7.65. The number of nitrogens with zero attached hydrogens (tertiary/aromatic N) is 1. The molecule has 23 heavy (non-hydrogen) atoms. The number of carbonyl (C=O) groups is 2. The largest absolute Gasteiger partial charge is 0.452 e. The molecule has 4 nitrogen and oxygen atoms in total. The maximum absolute atomic E-state index is 12.2. The monoisotopic (exact) mass is 311 g/mol. The summed E-state index contributed by atoms with van der Waals surface area (Å²) in [6.45, 7) is 4.69. The molecule has 0 heterocycles. The lowest BCUT2D eigenvalue weighted by Crippen LogP contribution is -2.34. The fraction of sp³-hybridized carbons (Fsp3) is 0.263. The van der Waals surface area contributed by atoms with Gasteiger partial charge < -0.3 is 9.64 Å². The molecular formula is C19H21NO3. The lowest BCUT2D eigenvalue weighted by Gasteiger charge is -2.20. The predicted octanol–water partition coefficient (Wildman–Crippen LogP) is 3.20. The van der Waals surface area contributed by atoms with Crippen LogP contribution in [0.3, 0.4) is 0 Å². The summed E-state index contributed by atoms with van der Waals surface area (Å²) in [4.78, 5) is 25.8. The third-order valence-corrected chi connectivity index (χ3v) is 3.56. The molecular weight excluding hydrogens is 290 g/mol. The van der Waals surface area contributed by atoms with E-state index in [0.29, 0.717) is 18.7 Å². The molecule has 4 heteroatoms.